The zero-order chi connectivity index (χ0) is 21.2. The van der Waals surface area contributed by atoms with Gasteiger partial charge in [-0.05, 0) is 72.0 Å². The topological polar surface area (TPSA) is 64.0 Å². The van der Waals surface area contributed by atoms with Crippen LogP contribution in [0.4, 0.5) is 0 Å². The molecule has 1 saturated heterocycles. The largest absolute Gasteiger partial charge is 0.347 e. The molecule has 2 bridgehead atoms. The number of halogens is 1. The second-order valence-electron chi connectivity index (χ2n) is 8.56. The van der Waals surface area contributed by atoms with E-state index in [1.807, 2.05) is 30.3 Å². The quantitative estimate of drug-likeness (QED) is 0.470. The zero-order valence-corrected chi connectivity index (χ0v) is 19.3. The van der Waals surface area contributed by atoms with Crippen LogP contribution in [0.1, 0.15) is 30.1 Å². The van der Waals surface area contributed by atoms with Crippen LogP contribution in [0.25, 0.3) is 22.0 Å². The van der Waals surface area contributed by atoms with E-state index in [-0.39, 0.29) is 12.4 Å². The van der Waals surface area contributed by atoms with Crippen LogP contribution in [-0.2, 0) is 23.3 Å². The van der Waals surface area contributed by atoms with Crippen molar-refractivity contribution >= 4 is 33.1 Å². The van der Waals surface area contributed by atoms with Crippen molar-refractivity contribution in [3.8, 4) is 11.1 Å². The molecule has 5 nitrogen and oxygen atoms in total. The molecule has 32 heavy (non-hydrogen) atoms. The lowest BCUT2D eigenvalue weighted by Gasteiger charge is -2.23. The number of hydrogen-bond donors (Lipinski definition) is 1. The van der Waals surface area contributed by atoms with E-state index in [9.17, 15) is 8.42 Å². The van der Waals surface area contributed by atoms with Crippen LogP contribution in [0.15, 0.2) is 76.8 Å². The second-order valence-corrected chi connectivity index (χ2v) is 10.5. The highest BCUT2D eigenvalue weighted by Crippen LogP contribution is 2.42. The summed E-state index contributed by atoms with van der Waals surface area (Å²) < 4.78 is 29.4. The fourth-order valence-corrected chi connectivity index (χ4v) is 6.60. The summed E-state index contributed by atoms with van der Waals surface area (Å²) in [6, 6.07) is 17.4. The van der Waals surface area contributed by atoms with Gasteiger partial charge < -0.3 is 9.88 Å². The normalized spacial score (nSPS) is 19.5. The molecule has 2 aromatic carbocycles. The van der Waals surface area contributed by atoms with Crippen LogP contribution < -0.4 is 5.32 Å². The average molecular weight is 466 g/mol. The fourth-order valence-electron chi connectivity index (χ4n) is 5.27. The van der Waals surface area contributed by atoms with Gasteiger partial charge in [-0.1, -0.05) is 12.1 Å². The lowest BCUT2D eigenvalue weighted by atomic mass is 9.99. The first-order valence-electron chi connectivity index (χ1n) is 10.7. The summed E-state index contributed by atoms with van der Waals surface area (Å²) in [7, 11) is -1.54. The molecule has 7 heteroatoms. The smallest absolute Gasteiger partial charge is 0.206 e. The van der Waals surface area contributed by atoms with Crippen LogP contribution in [0.2, 0.25) is 0 Å². The molecule has 4 aromatic rings. The number of fused-ring (bicyclic) bond motifs is 6. The van der Waals surface area contributed by atoms with Gasteiger partial charge in [0.15, 0.2) is 0 Å². The van der Waals surface area contributed by atoms with Crippen molar-refractivity contribution < 1.29 is 8.42 Å². The third kappa shape index (κ3) is 3.17. The lowest BCUT2D eigenvalue weighted by molar-refractivity contribution is 0.503. The molecule has 0 saturated carbocycles. The molecule has 6 rings (SSSR count). The Morgan fingerprint density at radius 1 is 0.969 bits per heavy atom. The third-order valence-corrected chi connectivity index (χ3v) is 8.58. The first-order chi connectivity index (χ1) is 15.0. The second kappa shape index (κ2) is 7.73. The zero-order valence-electron chi connectivity index (χ0n) is 17.7. The Balaban J connectivity index is 0.00000216. The maximum absolute atomic E-state index is 13.6. The number of aryl methyl sites for hydroxylation is 1. The van der Waals surface area contributed by atoms with E-state index in [2.05, 4.69) is 21.9 Å². The van der Waals surface area contributed by atoms with Gasteiger partial charge in [-0.3, -0.25) is 4.98 Å². The summed E-state index contributed by atoms with van der Waals surface area (Å²) >= 11 is 0. The lowest BCUT2D eigenvalue weighted by Crippen LogP contribution is -2.32. The summed E-state index contributed by atoms with van der Waals surface area (Å²) in [6.07, 6.45) is 6.73. The Hall–Kier alpha value is -2.67. The van der Waals surface area contributed by atoms with Gasteiger partial charge in [0.25, 0.3) is 0 Å². The maximum Gasteiger partial charge on any atom is 0.206 e. The highest BCUT2D eigenvalue weighted by Gasteiger charge is 2.36. The molecule has 2 unspecified atom stereocenters. The SMILES string of the molecule is Cl.Cn1c2c(c3cc(S(=O)(=O)c4cccc(-c5ccncc5)c4)ccc31)C1CCC(C2)N1. The van der Waals surface area contributed by atoms with Crippen molar-refractivity contribution in [3.05, 3.63) is 78.2 Å². The molecule has 0 spiro atoms. The van der Waals surface area contributed by atoms with Crippen molar-refractivity contribution in [1.82, 2.24) is 14.9 Å². The van der Waals surface area contributed by atoms with Gasteiger partial charge in [-0.15, -0.1) is 12.4 Å². The molecule has 2 atom stereocenters. The molecule has 0 radical (unpaired) electrons. The number of aromatic nitrogens is 2. The van der Waals surface area contributed by atoms with E-state index in [1.54, 1.807) is 36.7 Å². The number of nitrogens with zero attached hydrogens (tertiary/aromatic N) is 2. The number of benzene rings is 2. The van der Waals surface area contributed by atoms with Crippen LogP contribution in [0.5, 0.6) is 0 Å². The Morgan fingerprint density at radius 2 is 1.75 bits per heavy atom. The Morgan fingerprint density at radius 3 is 2.56 bits per heavy atom. The first kappa shape index (κ1) is 21.2. The molecule has 4 heterocycles. The summed E-state index contributed by atoms with van der Waals surface area (Å²) in [5, 5.41) is 4.76. The van der Waals surface area contributed by atoms with E-state index in [1.165, 1.54) is 17.7 Å². The molecular formula is C25H24ClN3O2S. The number of pyridine rings is 1. The number of rotatable bonds is 3. The molecule has 2 aliphatic heterocycles. The summed E-state index contributed by atoms with van der Waals surface area (Å²) in [5.74, 6) is 0. The van der Waals surface area contributed by atoms with Gasteiger partial charge in [0.2, 0.25) is 9.84 Å². The van der Waals surface area contributed by atoms with Crippen molar-refractivity contribution in [2.24, 2.45) is 7.05 Å². The minimum atomic E-state index is -3.64. The van der Waals surface area contributed by atoms with E-state index < -0.39 is 9.84 Å². The molecule has 1 N–H and O–H groups in total. The number of nitrogens with one attached hydrogen (secondary N) is 1. The molecule has 0 amide bonds. The predicted molar refractivity (Wildman–Crippen MR) is 128 cm³/mol. The Labute approximate surface area is 193 Å². The minimum absolute atomic E-state index is 0. The average Bonchev–Trinajstić information content (AvgIpc) is 3.32. The van der Waals surface area contributed by atoms with Gasteiger partial charge in [0.05, 0.1) is 9.79 Å². The fraction of sp³-hybridized carbons (Fsp3) is 0.240. The standard InChI is InChI=1S/C25H23N3O2S.ClH/c1-28-23-8-6-20(15-21(23)25-22-7-5-18(27-22)14-24(25)28)31(29,30)19-4-2-3-17(13-19)16-9-11-26-12-10-16;/h2-4,6,8-13,15,18,22,27H,5,7,14H2,1H3;1H. The molecule has 2 aromatic heterocycles. The maximum atomic E-state index is 13.6. The monoisotopic (exact) mass is 465 g/mol. The Kier molecular flexibility index (Phi) is 5.12. The molecule has 2 aliphatic rings. The highest BCUT2D eigenvalue weighted by molar-refractivity contribution is 7.91. The number of hydrogen-bond acceptors (Lipinski definition) is 4. The Bertz CT molecular complexity index is 1430. The van der Waals surface area contributed by atoms with Gasteiger partial charge in [0, 0.05) is 54.5 Å². The van der Waals surface area contributed by atoms with E-state index >= 15 is 0 Å². The summed E-state index contributed by atoms with van der Waals surface area (Å²) in [5.41, 5.74) is 5.54. The summed E-state index contributed by atoms with van der Waals surface area (Å²) in [4.78, 5) is 4.70. The third-order valence-electron chi connectivity index (χ3n) is 6.83. The van der Waals surface area contributed by atoms with Gasteiger partial charge in [-0.25, -0.2) is 8.42 Å². The highest BCUT2D eigenvalue weighted by atomic mass is 35.5. The van der Waals surface area contributed by atoms with Crippen molar-refractivity contribution in [3.63, 3.8) is 0 Å². The van der Waals surface area contributed by atoms with Crippen LogP contribution >= 0.6 is 12.4 Å². The van der Waals surface area contributed by atoms with Gasteiger partial charge >= 0.3 is 0 Å². The van der Waals surface area contributed by atoms with E-state index in [4.69, 9.17) is 0 Å². The van der Waals surface area contributed by atoms with Crippen molar-refractivity contribution in [2.75, 3.05) is 0 Å². The molecular weight excluding hydrogens is 442 g/mol. The van der Waals surface area contributed by atoms with E-state index in [0.29, 0.717) is 21.9 Å². The van der Waals surface area contributed by atoms with Crippen molar-refractivity contribution in [2.45, 2.75) is 41.1 Å². The van der Waals surface area contributed by atoms with Crippen LogP contribution in [0, 0.1) is 0 Å². The van der Waals surface area contributed by atoms with Crippen LogP contribution in [-0.4, -0.2) is 24.0 Å². The number of sulfone groups is 1. The van der Waals surface area contributed by atoms with Gasteiger partial charge in [0.1, 0.15) is 0 Å². The van der Waals surface area contributed by atoms with E-state index in [0.717, 1.165) is 34.9 Å². The molecule has 164 valence electrons. The molecule has 0 aliphatic carbocycles. The van der Waals surface area contributed by atoms with Crippen molar-refractivity contribution in [1.29, 1.82) is 0 Å². The summed E-state index contributed by atoms with van der Waals surface area (Å²) in [6.45, 7) is 0. The minimum Gasteiger partial charge on any atom is -0.347 e. The van der Waals surface area contributed by atoms with Crippen LogP contribution in [0.3, 0.4) is 0 Å². The predicted octanol–water partition coefficient (Wildman–Crippen LogP) is 4.84. The van der Waals surface area contributed by atoms with Gasteiger partial charge in [-0.2, -0.15) is 0 Å². The first-order valence-corrected chi connectivity index (χ1v) is 12.1. The molecule has 1 fully saturated rings.